The zero-order valence-corrected chi connectivity index (χ0v) is 43.9. The van der Waals surface area contributed by atoms with Gasteiger partial charge in [-0.1, -0.05) is 128 Å². The van der Waals surface area contributed by atoms with Crippen LogP contribution in [-0.4, -0.2) is 0 Å². The summed E-state index contributed by atoms with van der Waals surface area (Å²) in [5.74, 6) is 5.31. The summed E-state index contributed by atoms with van der Waals surface area (Å²) in [5, 5.41) is 0. The van der Waals surface area contributed by atoms with Crippen molar-refractivity contribution in [3.8, 4) is 34.5 Å². The summed E-state index contributed by atoms with van der Waals surface area (Å²) in [6.07, 6.45) is 0. The lowest BCUT2D eigenvalue weighted by atomic mass is 10.0. The van der Waals surface area contributed by atoms with Crippen molar-refractivity contribution in [2.75, 3.05) is 0 Å². The molecular weight excluding hydrogens is 863 g/mol. The van der Waals surface area contributed by atoms with Crippen LogP contribution in [-0.2, 0) is 0 Å². The minimum Gasteiger partial charge on any atom is -0.408 e. The van der Waals surface area contributed by atoms with Crippen molar-refractivity contribution in [2.24, 2.45) is 0 Å². The van der Waals surface area contributed by atoms with Crippen LogP contribution in [0.25, 0.3) is 0 Å². The van der Waals surface area contributed by atoms with Crippen LogP contribution in [0.4, 0.5) is 0 Å². The van der Waals surface area contributed by atoms with Crippen molar-refractivity contribution in [1.82, 2.24) is 0 Å². The fourth-order valence-corrected chi connectivity index (χ4v) is 11.4. The molecule has 65 heavy (non-hydrogen) atoms. The van der Waals surface area contributed by atoms with Crippen molar-refractivity contribution < 1.29 is 27.1 Å². The Labute approximate surface area is 396 Å². The Bertz CT molecular complexity index is 2320. The van der Waals surface area contributed by atoms with Crippen LogP contribution in [0, 0.1) is 55.4 Å². The van der Waals surface area contributed by atoms with Gasteiger partial charge in [-0.15, -0.1) is 0 Å². The average Bonchev–Trinajstić information content (AvgIpc) is 3.20. The van der Waals surface area contributed by atoms with E-state index in [1.54, 1.807) is 11.8 Å². The predicted molar refractivity (Wildman–Crippen MR) is 275 cm³/mol. The Morgan fingerprint density at radius 2 is 0.585 bits per heavy atom. The molecule has 6 aromatic carbocycles. The van der Waals surface area contributed by atoms with Crippen molar-refractivity contribution >= 4 is 29.0 Å². The summed E-state index contributed by atoms with van der Waals surface area (Å²) in [6.45, 7) is 34.1. The summed E-state index contributed by atoms with van der Waals surface area (Å²) in [7, 11) is -4.02. The van der Waals surface area contributed by atoms with Gasteiger partial charge in [-0.2, -0.15) is 0 Å². The molecule has 0 saturated heterocycles. The molecule has 0 aliphatic heterocycles. The van der Waals surface area contributed by atoms with Gasteiger partial charge in [0.1, 0.15) is 34.5 Å². The van der Waals surface area contributed by atoms with Crippen molar-refractivity contribution in [1.29, 1.82) is 0 Å². The van der Waals surface area contributed by atoms with E-state index in [1.165, 1.54) is 0 Å². The van der Waals surface area contributed by atoms with Gasteiger partial charge in [0.15, 0.2) is 0 Å². The van der Waals surface area contributed by atoms with Crippen LogP contribution >= 0.6 is 29.0 Å². The molecule has 0 aliphatic rings. The van der Waals surface area contributed by atoms with Gasteiger partial charge < -0.3 is 27.1 Å². The molecule has 0 atom stereocenters. The monoisotopic (exact) mass is 930 g/mol. The minimum atomic E-state index is -2.01. The Kier molecular flexibility index (Phi) is 16.7. The van der Waals surface area contributed by atoms with Gasteiger partial charge >= 0.3 is 17.2 Å². The second kappa shape index (κ2) is 21.8. The molecule has 0 unspecified atom stereocenters. The second-order valence-electron chi connectivity index (χ2n) is 18.7. The highest BCUT2D eigenvalue weighted by molar-refractivity contribution is 7.99. The normalized spacial score (nSPS) is 11.7. The molecule has 9 heteroatoms. The largest absolute Gasteiger partial charge is 0.530 e. The van der Waals surface area contributed by atoms with E-state index >= 15 is 0 Å². The van der Waals surface area contributed by atoms with Gasteiger partial charge in [0.25, 0.3) is 0 Å². The van der Waals surface area contributed by atoms with Gasteiger partial charge in [0.2, 0.25) is 0 Å². The fourth-order valence-electron chi connectivity index (χ4n) is 7.71. The first-order chi connectivity index (χ1) is 30.8. The van der Waals surface area contributed by atoms with Crippen molar-refractivity contribution in [3.63, 3.8) is 0 Å². The lowest BCUT2D eigenvalue weighted by Gasteiger charge is -2.25. The first kappa shape index (κ1) is 49.8. The van der Waals surface area contributed by atoms with E-state index in [2.05, 4.69) is 208 Å². The first-order valence-electron chi connectivity index (χ1n) is 22.8. The average molecular weight is 931 g/mol. The number of rotatable bonds is 18. The van der Waals surface area contributed by atoms with E-state index in [9.17, 15) is 0 Å². The highest BCUT2D eigenvalue weighted by atomic mass is 32.2. The number of hydrogen-bond acceptors (Lipinski definition) is 7. The van der Waals surface area contributed by atoms with Gasteiger partial charge in [-0.25, -0.2) is 0 Å². The number of hydrogen-bond donors (Lipinski definition) is 0. The molecule has 0 saturated carbocycles. The topological polar surface area (TPSA) is 55.4 Å². The quantitative estimate of drug-likeness (QED) is 0.0796. The predicted octanol–water partition coefficient (Wildman–Crippen LogP) is 18.3. The molecule has 0 N–H and O–H groups in total. The minimum absolute atomic E-state index is 0.229. The van der Waals surface area contributed by atoms with E-state index < -0.39 is 17.2 Å². The maximum absolute atomic E-state index is 7.11. The lowest BCUT2D eigenvalue weighted by Crippen LogP contribution is -2.08. The third-order valence-corrected chi connectivity index (χ3v) is 14.3. The molecule has 0 heterocycles. The van der Waals surface area contributed by atoms with Crippen LogP contribution in [0.3, 0.4) is 0 Å². The Morgan fingerprint density at radius 1 is 0.323 bits per heavy atom. The van der Waals surface area contributed by atoms with Gasteiger partial charge in [0, 0.05) is 0 Å². The van der Waals surface area contributed by atoms with E-state index in [0.29, 0.717) is 11.5 Å². The number of benzene rings is 6. The molecule has 6 rings (SSSR count). The molecular formula is C56H68O6P2S. The van der Waals surface area contributed by atoms with E-state index in [-0.39, 0.29) is 23.7 Å². The highest BCUT2D eigenvalue weighted by Gasteiger charge is 2.30. The fraction of sp³-hybridized carbons (Fsp3) is 0.357. The smallest absolute Gasteiger partial charge is 0.408 e. The second-order valence-corrected chi connectivity index (χ2v) is 21.8. The molecule has 0 aromatic heterocycles. The highest BCUT2D eigenvalue weighted by Crippen LogP contribution is 2.54. The maximum atomic E-state index is 7.11. The van der Waals surface area contributed by atoms with E-state index in [4.69, 9.17) is 27.1 Å². The third-order valence-electron chi connectivity index (χ3n) is 11.2. The molecule has 0 fully saturated rings. The summed E-state index contributed by atoms with van der Waals surface area (Å²) in [5.41, 5.74) is 12.9. The molecule has 0 amide bonds. The van der Waals surface area contributed by atoms with Gasteiger partial charge in [-0.05, 0) is 182 Å². The molecule has 6 aromatic rings. The third kappa shape index (κ3) is 12.8. The summed E-state index contributed by atoms with van der Waals surface area (Å²) in [6, 6.07) is 34.0. The summed E-state index contributed by atoms with van der Waals surface area (Å²) >= 11 is 1.60. The molecule has 0 aliphatic carbocycles. The Balaban J connectivity index is 1.45. The van der Waals surface area contributed by atoms with Crippen LogP contribution in [0.1, 0.15) is 146 Å². The molecule has 0 radical (unpaired) electrons. The Hall–Kier alpha value is -4.67. The Morgan fingerprint density at radius 3 is 0.831 bits per heavy atom. The first-order valence-corrected chi connectivity index (χ1v) is 25.8. The SMILES string of the molecule is Cc1ccc(C(C)C)c(OP(Oc2cc(C)ccc2C(C)C)Oc2c(C)cc(C)cc2Sc2cc(C)cc(C)c2OP(Oc2cc(C)ccc2C(C)C)Oc2cc(C)ccc2C(C)C)c1. The van der Waals surface area contributed by atoms with Crippen LogP contribution in [0.2, 0.25) is 0 Å². The lowest BCUT2D eigenvalue weighted by molar-refractivity contribution is 0.378. The molecule has 0 bridgehead atoms. The van der Waals surface area contributed by atoms with Crippen molar-refractivity contribution in [2.45, 2.75) is 144 Å². The van der Waals surface area contributed by atoms with Crippen LogP contribution < -0.4 is 27.1 Å². The number of aryl methyl sites for hydroxylation is 8. The zero-order valence-electron chi connectivity index (χ0n) is 41.3. The molecule has 6 nitrogen and oxygen atoms in total. The van der Waals surface area contributed by atoms with E-state index in [1.807, 2.05) is 0 Å². The maximum Gasteiger partial charge on any atom is 0.530 e. The summed E-state index contributed by atoms with van der Waals surface area (Å²) in [4.78, 5) is 1.82. The van der Waals surface area contributed by atoms with Gasteiger partial charge in [0.05, 0.1) is 9.79 Å². The van der Waals surface area contributed by atoms with E-state index in [0.717, 1.165) is 99.6 Å². The van der Waals surface area contributed by atoms with Crippen LogP contribution in [0.15, 0.2) is 107 Å². The standard InChI is InChI=1S/C56H68O6P2S/c1-33(2)45-21-17-37(9)27-49(45)57-63(58-50-28-38(10)18-22-46(50)34(3)4)61-55-43(15)25-41(13)31-53(55)65-54-32-42(14)26-44(16)56(54)62-64(59-51-29-39(11)19-23-47(51)35(5)6)60-52-30-40(12)20-24-48(52)36(7)8/h17-36H,1-16H3. The zero-order chi connectivity index (χ0) is 47.3. The van der Waals surface area contributed by atoms with Crippen LogP contribution in [0.5, 0.6) is 34.5 Å². The molecule has 344 valence electrons. The summed E-state index contributed by atoms with van der Waals surface area (Å²) < 4.78 is 41.9. The molecule has 0 spiro atoms. The van der Waals surface area contributed by atoms with Crippen molar-refractivity contribution in [3.05, 3.63) is 164 Å². The van der Waals surface area contributed by atoms with Gasteiger partial charge in [-0.3, -0.25) is 0 Å².